The molecule has 0 fully saturated rings. The molecule has 8 nitrogen and oxygen atoms in total. The summed E-state index contributed by atoms with van der Waals surface area (Å²) in [7, 11) is 1.52. The van der Waals surface area contributed by atoms with Gasteiger partial charge in [-0.2, -0.15) is 10.2 Å². The van der Waals surface area contributed by atoms with Crippen molar-refractivity contribution in [2.75, 3.05) is 7.11 Å². The van der Waals surface area contributed by atoms with Crippen molar-refractivity contribution in [1.82, 2.24) is 15.8 Å². The van der Waals surface area contributed by atoms with Crippen LogP contribution >= 0.6 is 15.9 Å². The zero-order valence-electron chi connectivity index (χ0n) is 21.3. The Morgan fingerprint density at radius 3 is 2.38 bits per heavy atom. The van der Waals surface area contributed by atoms with Crippen LogP contribution in [-0.2, 0) is 0 Å². The van der Waals surface area contributed by atoms with E-state index in [-0.39, 0.29) is 11.1 Å². The van der Waals surface area contributed by atoms with E-state index in [1.165, 1.54) is 55.9 Å². The first-order chi connectivity index (χ1) is 19.2. The Labute approximate surface area is 236 Å². The molecule has 0 saturated carbocycles. The van der Waals surface area contributed by atoms with Crippen molar-refractivity contribution in [2.45, 2.75) is 6.92 Å². The van der Waals surface area contributed by atoms with E-state index in [1.54, 1.807) is 31.2 Å². The number of hydrazone groups is 2. The van der Waals surface area contributed by atoms with E-state index in [4.69, 9.17) is 4.74 Å². The molecule has 2 amide bonds. The van der Waals surface area contributed by atoms with Crippen LogP contribution in [0, 0.1) is 11.6 Å². The van der Waals surface area contributed by atoms with E-state index in [2.05, 4.69) is 42.0 Å². The fourth-order valence-corrected chi connectivity index (χ4v) is 3.96. The molecule has 0 bridgehead atoms. The number of methoxy groups -OCH3 is 1. The monoisotopic (exact) mass is 605 g/mol. The van der Waals surface area contributed by atoms with Crippen molar-refractivity contribution in [3.63, 3.8) is 0 Å². The number of nitrogens with zero attached hydrogens (tertiary/aromatic N) is 3. The van der Waals surface area contributed by atoms with Crippen LogP contribution in [0.4, 0.5) is 8.78 Å². The van der Waals surface area contributed by atoms with Gasteiger partial charge >= 0.3 is 0 Å². The van der Waals surface area contributed by atoms with Gasteiger partial charge in [0.15, 0.2) is 0 Å². The zero-order chi connectivity index (χ0) is 28.6. The van der Waals surface area contributed by atoms with Gasteiger partial charge in [-0.15, -0.1) is 0 Å². The molecule has 1 aromatic heterocycles. The lowest BCUT2D eigenvalue weighted by Crippen LogP contribution is -2.19. The van der Waals surface area contributed by atoms with Crippen LogP contribution in [0.2, 0.25) is 0 Å². The van der Waals surface area contributed by atoms with Gasteiger partial charge in [0.1, 0.15) is 17.4 Å². The highest BCUT2D eigenvalue weighted by molar-refractivity contribution is 9.10. The Morgan fingerprint density at radius 1 is 0.875 bits per heavy atom. The predicted octanol–water partition coefficient (Wildman–Crippen LogP) is 5.72. The van der Waals surface area contributed by atoms with Gasteiger partial charge in [0, 0.05) is 27.4 Å². The van der Waals surface area contributed by atoms with E-state index < -0.39 is 23.4 Å². The molecule has 11 heteroatoms. The molecular formula is C29H22BrF2N5O3. The molecule has 0 aliphatic rings. The highest BCUT2D eigenvalue weighted by atomic mass is 79.9. The Bertz CT molecular complexity index is 1620. The van der Waals surface area contributed by atoms with Crippen molar-refractivity contribution in [3.8, 4) is 16.9 Å². The van der Waals surface area contributed by atoms with E-state index >= 15 is 0 Å². The molecule has 202 valence electrons. The minimum absolute atomic E-state index is 0.0590. The number of rotatable bonds is 8. The highest BCUT2D eigenvalue weighted by Crippen LogP contribution is 2.23. The van der Waals surface area contributed by atoms with Crippen LogP contribution in [0.1, 0.15) is 38.9 Å². The van der Waals surface area contributed by atoms with Gasteiger partial charge in [0.05, 0.1) is 24.7 Å². The van der Waals surface area contributed by atoms with Gasteiger partial charge < -0.3 is 4.74 Å². The molecular weight excluding hydrogens is 584 g/mol. The van der Waals surface area contributed by atoms with Crippen molar-refractivity contribution in [3.05, 3.63) is 117 Å². The normalized spacial score (nSPS) is 11.4. The SMILES string of the molecule is COc1ccc(Br)cc1/C=N/NC(=O)c1cc(F)cc(-c2ccnc(/C(C)=N\NC(=O)c3ccc(F)cc3)c2)c1. The van der Waals surface area contributed by atoms with Crippen molar-refractivity contribution in [2.24, 2.45) is 10.2 Å². The molecule has 0 atom stereocenters. The molecule has 4 rings (SSSR count). The smallest absolute Gasteiger partial charge is 0.271 e. The first-order valence-corrected chi connectivity index (χ1v) is 12.6. The van der Waals surface area contributed by atoms with E-state index in [1.807, 2.05) is 6.07 Å². The number of nitrogens with one attached hydrogen (secondary N) is 2. The molecule has 2 N–H and O–H groups in total. The van der Waals surface area contributed by atoms with E-state index in [9.17, 15) is 18.4 Å². The number of hydrogen-bond acceptors (Lipinski definition) is 6. The lowest BCUT2D eigenvalue weighted by atomic mass is 10.0. The molecule has 0 radical (unpaired) electrons. The third kappa shape index (κ3) is 7.20. The third-order valence-electron chi connectivity index (χ3n) is 5.62. The lowest BCUT2D eigenvalue weighted by Gasteiger charge is -2.08. The number of carbonyl (C=O) groups is 2. The Kier molecular flexibility index (Phi) is 9.07. The maximum absolute atomic E-state index is 14.5. The van der Waals surface area contributed by atoms with Crippen LogP contribution in [-0.4, -0.2) is 35.8 Å². The van der Waals surface area contributed by atoms with Crippen LogP contribution in [0.3, 0.4) is 0 Å². The fraction of sp³-hybridized carbons (Fsp3) is 0.0690. The number of halogens is 3. The van der Waals surface area contributed by atoms with Crippen molar-refractivity contribution >= 4 is 39.7 Å². The second-order valence-electron chi connectivity index (χ2n) is 8.39. The number of ether oxygens (including phenoxy) is 1. The summed E-state index contributed by atoms with van der Waals surface area (Å²) in [5.74, 6) is -1.63. The summed E-state index contributed by atoms with van der Waals surface area (Å²) in [5, 5.41) is 8.03. The number of amides is 2. The van der Waals surface area contributed by atoms with Crippen LogP contribution in [0.5, 0.6) is 5.75 Å². The Hall–Kier alpha value is -4.77. The van der Waals surface area contributed by atoms with E-state index in [0.717, 1.165) is 10.5 Å². The van der Waals surface area contributed by atoms with Crippen molar-refractivity contribution in [1.29, 1.82) is 0 Å². The quantitative estimate of drug-likeness (QED) is 0.198. The number of pyridine rings is 1. The second-order valence-corrected chi connectivity index (χ2v) is 9.30. The molecule has 0 saturated heterocycles. The summed E-state index contributed by atoms with van der Waals surface area (Å²) in [5.41, 5.74) is 7.52. The molecule has 0 aliphatic carbocycles. The molecule has 40 heavy (non-hydrogen) atoms. The summed E-state index contributed by atoms with van der Waals surface area (Å²) < 4.78 is 33.7. The summed E-state index contributed by atoms with van der Waals surface area (Å²) in [6.07, 6.45) is 2.93. The average Bonchev–Trinajstić information content (AvgIpc) is 2.96. The third-order valence-corrected chi connectivity index (χ3v) is 6.11. The van der Waals surface area contributed by atoms with Crippen molar-refractivity contribution < 1.29 is 23.1 Å². The molecule has 0 aliphatic heterocycles. The van der Waals surface area contributed by atoms with Crippen LogP contribution in [0.25, 0.3) is 11.1 Å². The van der Waals surface area contributed by atoms with Crippen LogP contribution < -0.4 is 15.6 Å². The molecule has 0 unspecified atom stereocenters. The molecule has 3 aromatic carbocycles. The van der Waals surface area contributed by atoms with Gasteiger partial charge in [-0.05, 0) is 90.8 Å². The summed E-state index contributed by atoms with van der Waals surface area (Å²) in [6.45, 7) is 1.64. The Morgan fingerprint density at radius 2 is 1.62 bits per heavy atom. The van der Waals surface area contributed by atoms with Gasteiger partial charge in [0.2, 0.25) is 0 Å². The molecule has 4 aromatic rings. The zero-order valence-corrected chi connectivity index (χ0v) is 22.9. The fourth-order valence-electron chi connectivity index (χ4n) is 3.58. The largest absolute Gasteiger partial charge is 0.496 e. The first-order valence-electron chi connectivity index (χ1n) is 11.8. The summed E-state index contributed by atoms with van der Waals surface area (Å²) in [4.78, 5) is 29.2. The maximum atomic E-state index is 14.5. The summed E-state index contributed by atoms with van der Waals surface area (Å²) in [6, 6.07) is 17.6. The first kappa shape index (κ1) is 28.2. The second kappa shape index (κ2) is 12.9. The number of carbonyl (C=O) groups excluding carboxylic acids is 2. The summed E-state index contributed by atoms with van der Waals surface area (Å²) >= 11 is 3.37. The number of benzene rings is 3. The predicted molar refractivity (Wildman–Crippen MR) is 151 cm³/mol. The van der Waals surface area contributed by atoms with E-state index in [0.29, 0.717) is 33.8 Å². The average molecular weight is 606 g/mol. The number of aromatic nitrogens is 1. The maximum Gasteiger partial charge on any atom is 0.271 e. The Balaban J connectivity index is 1.50. The number of hydrogen-bond donors (Lipinski definition) is 2. The lowest BCUT2D eigenvalue weighted by molar-refractivity contribution is 0.0947. The molecule has 1 heterocycles. The van der Waals surface area contributed by atoms with Gasteiger partial charge in [-0.1, -0.05) is 15.9 Å². The molecule has 0 spiro atoms. The van der Waals surface area contributed by atoms with Gasteiger partial charge in [-0.25, -0.2) is 19.6 Å². The van der Waals surface area contributed by atoms with Gasteiger partial charge in [-0.3, -0.25) is 14.6 Å². The topological polar surface area (TPSA) is 105 Å². The highest BCUT2D eigenvalue weighted by Gasteiger charge is 2.12. The van der Waals surface area contributed by atoms with Gasteiger partial charge in [0.25, 0.3) is 11.8 Å². The minimum Gasteiger partial charge on any atom is -0.496 e. The van der Waals surface area contributed by atoms with Crippen LogP contribution in [0.15, 0.2) is 93.7 Å². The minimum atomic E-state index is -0.615. The standard InChI is InChI=1S/C29H22BrF2N5O3/c1-17(35-37-28(38)18-3-6-24(31)7-4-18)26-15-19(9-10-33-26)20-11-21(14-25(32)13-20)29(39)36-34-16-22-12-23(30)5-8-27(22)40-2/h3-16H,1-2H3,(H,36,39)(H,37,38)/b34-16+,35-17-.